The number of nitrogens with two attached hydrogens (primary N) is 1. The molecule has 0 unspecified atom stereocenters. The number of rotatable bonds is 1. The van der Waals surface area contributed by atoms with E-state index in [2.05, 4.69) is 4.98 Å². The lowest BCUT2D eigenvalue weighted by Crippen LogP contribution is -2.40. The molecule has 98 valence electrons. The van der Waals surface area contributed by atoms with Crippen molar-refractivity contribution in [1.29, 1.82) is 0 Å². The summed E-state index contributed by atoms with van der Waals surface area (Å²) in [5.74, 6) is -0.792. The second kappa shape index (κ2) is 3.96. The molecule has 3 heterocycles. The monoisotopic (exact) mass is 255 g/mol. The van der Waals surface area contributed by atoms with Crippen LogP contribution in [-0.4, -0.2) is 30.6 Å². The van der Waals surface area contributed by atoms with Crippen molar-refractivity contribution in [2.75, 3.05) is 30.3 Å². The van der Waals surface area contributed by atoms with E-state index < -0.39 is 5.92 Å². The molecule has 0 aliphatic carbocycles. The van der Waals surface area contributed by atoms with E-state index >= 15 is 0 Å². The molecule has 0 saturated carbocycles. The zero-order chi connectivity index (χ0) is 12.8. The van der Waals surface area contributed by atoms with Crippen LogP contribution in [0.1, 0.15) is 18.4 Å². The van der Waals surface area contributed by atoms with Gasteiger partial charge in [0.05, 0.1) is 6.61 Å². The smallest absolute Gasteiger partial charge is 0.251 e. The molecule has 0 radical (unpaired) electrons. The lowest BCUT2D eigenvalue weighted by Gasteiger charge is -2.33. The fraction of sp³-hybridized carbons (Fsp3) is 0.583. The van der Waals surface area contributed by atoms with Gasteiger partial charge in [-0.2, -0.15) is 0 Å². The number of halogens is 2. The number of hydrogen-bond acceptors (Lipinski definition) is 4. The summed E-state index contributed by atoms with van der Waals surface area (Å²) < 4.78 is 31.8. The van der Waals surface area contributed by atoms with E-state index in [1.54, 1.807) is 6.07 Å². The Morgan fingerprint density at radius 3 is 2.78 bits per heavy atom. The second-order valence-electron chi connectivity index (χ2n) is 4.80. The zero-order valence-corrected chi connectivity index (χ0v) is 9.96. The first-order valence-corrected chi connectivity index (χ1v) is 6.10. The number of piperidine rings is 1. The number of nitrogen functional groups attached to an aromatic ring is 1. The van der Waals surface area contributed by atoms with E-state index in [1.807, 2.05) is 4.90 Å². The number of alkyl halides is 2. The fourth-order valence-corrected chi connectivity index (χ4v) is 2.46. The van der Waals surface area contributed by atoms with Crippen LogP contribution in [0.2, 0.25) is 0 Å². The quantitative estimate of drug-likeness (QED) is 0.831. The zero-order valence-electron chi connectivity index (χ0n) is 9.96. The minimum atomic E-state index is -2.55. The fourth-order valence-electron chi connectivity index (χ4n) is 2.46. The molecule has 1 aromatic heterocycles. The third kappa shape index (κ3) is 1.95. The summed E-state index contributed by atoms with van der Waals surface area (Å²) in [6.45, 7) is 1.19. The lowest BCUT2D eigenvalue weighted by atomic mass is 10.1. The highest BCUT2D eigenvalue weighted by molar-refractivity contribution is 5.62. The first-order valence-electron chi connectivity index (χ1n) is 6.10. The highest BCUT2D eigenvalue weighted by Crippen LogP contribution is 2.38. The maximum absolute atomic E-state index is 13.1. The molecule has 0 amide bonds. The number of hydrogen-bond donors (Lipinski definition) is 1. The summed E-state index contributed by atoms with van der Waals surface area (Å²) in [6, 6.07) is 1.80. The van der Waals surface area contributed by atoms with Gasteiger partial charge in [-0.15, -0.1) is 0 Å². The van der Waals surface area contributed by atoms with Gasteiger partial charge in [-0.05, 0) is 6.07 Å². The Hall–Kier alpha value is -1.59. The molecule has 1 saturated heterocycles. The van der Waals surface area contributed by atoms with E-state index in [1.165, 1.54) is 0 Å². The van der Waals surface area contributed by atoms with Gasteiger partial charge in [-0.25, -0.2) is 13.8 Å². The summed E-state index contributed by atoms with van der Waals surface area (Å²) in [5, 5.41) is 0. The summed E-state index contributed by atoms with van der Waals surface area (Å²) in [7, 11) is 0. The molecule has 2 aliphatic rings. The van der Waals surface area contributed by atoms with E-state index in [4.69, 9.17) is 10.5 Å². The molecule has 2 N–H and O–H groups in total. The van der Waals surface area contributed by atoms with Crippen LogP contribution in [0.3, 0.4) is 0 Å². The maximum atomic E-state index is 13.1. The van der Waals surface area contributed by atoms with E-state index in [0.717, 1.165) is 17.7 Å². The Balaban J connectivity index is 1.89. The Morgan fingerprint density at radius 1 is 1.33 bits per heavy atom. The van der Waals surface area contributed by atoms with Crippen LogP contribution in [0.25, 0.3) is 0 Å². The summed E-state index contributed by atoms with van der Waals surface area (Å²) in [4.78, 5) is 6.10. The van der Waals surface area contributed by atoms with Crippen molar-refractivity contribution in [2.45, 2.75) is 25.2 Å². The molecule has 4 nitrogen and oxygen atoms in total. The standard InChI is InChI=1S/C12H15F2N3O/c13-12(14)2-4-17(5-3-12)11-10-8(1-6-18-10)7-9(15)16-11/h7H,1-6H2,(H2,15,16). The lowest BCUT2D eigenvalue weighted by molar-refractivity contribution is -0.0222. The number of ether oxygens (including phenoxy) is 1. The summed E-state index contributed by atoms with van der Waals surface area (Å²) in [5.41, 5.74) is 6.77. The first kappa shape index (κ1) is 11.5. The molecule has 0 aromatic carbocycles. The molecule has 3 rings (SSSR count). The van der Waals surface area contributed by atoms with Gasteiger partial charge in [-0.3, -0.25) is 0 Å². The highest BCUT2D eigenvalue weighted by atomic mass is 19.3. The molecule has 1 aromatic rings. The SMILES string of the molecule is Nc1cc2c(c(N3CCC(F)(F)CC3)n1)OCC2. The van der Waals surface area contributed by atoms with Gasteiger partial charge < -0.3 is 15.4 Å². The predicted octanol–water partition coefficient (Wildman–Crippen LogP) is 1.83. The first-order chi connectivity index (χ1) is 8.55. The van der Waals surface area contributed by atoms with Crippen LogP contribution in [-0.2, 0) is 6.42 Å². The number of nitrogens with zero attached hydrogens (tertiary/aromatic N) is 2. The maximum Gasteiger partial charge on any atom is 0.251 e. The minimum absolute atomic E-state index is 0.141. The van der Waals surface area contributed by atoms with Crippen molar-refractivity contribution in [2.24, 2.45) is 0 Å². The second-order valence-corrected chi connectivity index (χ2v) is 4.80. The molecule has 0 bridgehead atoms. The molecular weight excluding hydrogens is 240 g/mol. The number of anilines is 2. The minimum Gasteiger partial charge on any atom is -0.489 e. The van der Waals surface area contributed by atoms with Crippen molar-refractivity contribution in [3.05, 3.63) is 11.6 Å². The van der Waals surface area contributed by atoms with Crippen LogP contribution in [0.5, 0.6) is 5.75 Å². The Labute approximate surface area is 104 Å². The molecule has 6 heteroatoms. The molecule has 0 spiro atoms. The van der Waals surface area contributed by atoms with Crippen LogP contribution in [0, 0.1) is 0 Å². The molecule has 18 heavy (non-hydrogen) atoms. The Kier molecular flexibility index (Phi) is 2.53. The summed E-state index contributed by atoms with van der Waals surface area (Å²) >= 11 is 0. The van der Waals surface area contributed by atoms with Gasteiger partial charge in [-0.1, -0.05) is 0 Å². The number of fused-ring (bicyclic) bond motifs is 1. The van der Waals surface area contributed by atoms with Crippen molar-refractivity contribution >= 4 is 11.6 Å². The van der Waals surface area contributed by atoms with Crippen molar-refractivity contribution < 1.29 is 13.5 Å². The van der Waals surface area contributed by atoms with Gasteiger partial charge in [0.15, 0.2) is 11.6 Å². The Bertz CT molecular complexity index is 469. The van der Waals surface area contributed by atoms with Gasteiger partial charge in [0, 0.05) is 37.9 Å². The van der Waals surface area contributed by atoms with E-state index in [0.29, 0.717) is 31.3 Å². The van der Waals surface area contributed by atoms with E-state index in [-0.39, 0.29) is 12.8 Å². The van der Waals surface area contributed by atoms with Gasteiger partial charge >= 0.3 is 0 Å². The topological polar surface area (TPSA) is 51.4 Å². The molecule has 1 fully saturated rings. The van der Waals surface area contributed by atoms with E-state index in [9.17, 15) is 8.78 Å². The van der Waals surface area contributed by atoms with Crippen LogP contribution in [0.4, 0.5) is 20.4 Å². The van der Waals surface area contributed by atoms with Crippen LogP contribution >= 0.6 is 0 Å². The molecule has 0 atom stereocenters. The third-order valence-corrected chi connectivity index (χ3v) is 3.46. The average Bonchev–Trinajstić information content (AvgIpc) is 2.76. The number of aromatic nitrogens is 1. The average molecular weight is 255 g/mol. The van der Waals surface area contributed by atoms with Crippen molar-refractivity contribution in [1.82, 2.24) is 4.98 Å². The highest BCUT2D eigenvalue weighted by Gasteiger charge is 2.36. The van der Waals surface area contributed by atoms with Crippen LogP contribution in [0.15, 0.2) is 6.07 Å². The van der Waals surface area contributed by atoms with Gasteiger partial charge in [0.25, 0.3) is 5.92 Å². The Morgan fingerprint density at radius 2 is 2.06 bits per heavy atom. The normalized spacial score (nSPS) is 21.6. The van der Waals surface area contributed by atoms with Gasteiger partial charge in [0.1, 0.15) is 5.82 Å². The number of pyridine rings is 1. The summed E-state index contributed by atoms with van der Waals surface area (Å²) in [6.07, 6.45) is 0.523. The van der Waals surface area contributed by atoms with Crippen LogP contribution < -0.4 is 15.4 Å². The van der Waals surface area contributed by atoms with Crippen molar-refractivity contribution in [3.63, 3.8) is 0 Å². The molecular formula is C12H15F2N3O. The largest absolute Gasteiger partial charge is 0.489 e. The predicted molar refractivity (Wildman–Crippen MR) is 64.2 cm³/mol. The van der Waals surface area contributed by atoms with Gasteiger partial charge in [0.2, 0.25) is 0 Å². The third-order valence-electron chi connectivity index (χ3n) is 3.46. The molecule has 2 aliphatic heterocycles. The van der Waals surface area contributed by atoms with Crippen molar-refractivity contribution in [3.8, 4) is 5.75 Å².